The van der Waals surface area contributed by atoms with Gasteiger partial charge in [0, 0.05) is 5.02 Å². The van der Waals surface area contributed by atoms with Crippen molar-refractivity contribution in [2.75, 3.05) is 0 Å². The highest BCUT2D eigenvalue weighted by Gasteiger charge is 2.21. The fourth-order valence-corrected chi connectivity index (χ4v) is 2.31. The first kappa shape index (κ1) is 18.8. The first-order valence-corrected chi connectivity index (χ1v) is 8.17. The molecule has 0 spiro atoms. The Kier molecular flexibility index (Phi) is 6.04. The lowest BCUT2D eigenvalue weighted by Gasteiger charge is -2.15. The summed E-state index contributed by atoms with van der Waals surface area (Å²) in [6.07, 6.45) is -0.901. The average Bonchev–Trinajstić information content (AvgIpc) is 2.56. The summed E-state index contributed by atoms with van der Waals surface area (Å²) in [7, 11) is 0. The Morgan fingerprint density at radius 2 is 1.68 bits per heavy atom. The number of hydrogen-bond donors (Lipinski definition) is 1. The summed E-state index contributed by atoms with van der Waals surface area (Å²) in [4.78, 5) is 23.4. The molecule has 0 aromatic heterocycles. The van der Waals surface area contributed by atoms with E-state index in [1.165, 1.54) is 25.1 Å². The molecule has 0 saturated heterocycles. The van der Waals surface area contributed by atoms with Crippen molar-refractivity contribution in [2.24, 2.45) is 0 Å². The van der Waals surface area contributed by atoms with Crippen LogP contribution in [-0.2, 0) is 4.79 Å². The predicted octanol–water partition coefficient (Wildman–Crippen LogP) is 4.53. The second kappa shape index (κ2) is 8.03. The zero-order valence-corrected chi connectivity index (χ0v) is 14.9. The fraction of sp³-hybridized carbons (Fsp3) is 0.263. The zero-order chi connectivity index (χ0) is 18.6. The molecular weight excluding hydrogens is 344 g/mol. The highest BCUT2D eigenvalue weighted by molar-refractivity contribution is 6.31. The molecule has 0 radical (unpaired) electrons. The van der Waals surface area contributed by atoms with Gasteiger partial charge in [-0.1, -0.05) is 37.6 Å². The zero-order valence-electron chi connectivity index (χ0n) is 14.2. The molecule has 2 aromatic carbocycles. The highest BCUT2D eigenvalue weighted by atomic mass is 35.5. The van der Waals surface area contributed by atoms with Gasteiger partial charge in [0.05, 0.1) is 0 Å². The van der Waals surface area contributed by atoms with E-state index in [9.17, 15) is 9.59 Å². The maximum absolute atomic E-state index is 12.2. The van der Waals surface area contributed by atoms with Gasteiger partial charge in [0.2, 0.25) is 0 Å². The summed E-state index contributed by atoms with van der Waals surface area (Å²) in [5.41, 5.74) is 0.976. The summed E-state index contributed by atoms with van der Waals surface area (Å²) in [6.45, 7) is 5.71. The van der Waals surface area contributed by atoms with Crippen LogP contribution >= 0.6 is 11.6 Å². The number of aromatic carboxylic acids is 1. The predicted molar refractivity (Wildman–Crippen MR) is 94.7 cm³/mol. The van der Waals surface area contributed by atoms with Crippen LogP contribution in [0, 0.1) is 0 Å². The third kappa shape index (κ3) is 4.97. The van der Waals surface area contributed by atoms with E-state index in [0.717, 1.165) is 5.56 Å². The van der Waals surface area contributed by atoms with Crippen LogP contribution in [0.25, 0.3) is 0 Å². The maximum atomic E-state index is 12.2. The van der Waals surface area contributed by atoms with Crippen LogP contribution in [0.5, 0.6) is 11.5 Å². The molecule has 0 aliphatic carbocycles. The number of rotatable bonds is 6. The number of benzene rings is 2. The van der Waals surface area contributed by atoms with Gasteiger partial charge in [-0.05, 0) is 48.7 Å². The van der Waals surface area contributed by atoms with Crippen molar-refractivity contribution in [3.63, 3.8) is 0 Å². The summed E-state index contributed by atoms with van der Waals surface area (Å²) < 4.78 is 10.7. The lowest BCUT2D eigenvalue weighted by Crippen LogP contribution is -2.29. The minimum atomic E-state index is -1.23. The Morgan fingerprint density at radius 3 is 2.24 bits per heavy atom. The molecule has 1 N–H and O–H groups in total. The number of halogens is 1. The van der Waals surface area contributed by atoms with Gasteiger partial charge in [-0.15, -0.1) is 0 Å². The van der Waals surface area contributed by atoms with E-state index in [-0.39, 0.29) is 16.3 Å². The van der Waals surface area contributed by atoms with Crippen LogP contribution in [0.15, 0.2) is 42.5 Å². The standard InChI is InChI=1S/C19H19ClO5/c1-11(2)13-4-7-15(8-5-13)24-12(3)19(23)25-17-9-6-14(20)10-16(17)18(21)22/h4-12H,1-3H3,(H,21,22). The van der Waals surface area contributed by atoms with Crippen molar-refractivity contribution < 1.29 is 24.2 Å². The largest absolute Gasteiger partial charge is 0.479 e. The molecule has 25 heavy (non-hydrogen) atoms. The van der Waals surface area contributed by atoms with Crippen LogP contribution < -0.4 is 9.47 Å². The van der Waals surface area contributed by atoms with Gasteiger partial charge in [0.1, 0.15) is 17.1 Å². The Hall–Kier alpha value is -2.53. The van der Waals surface area contributed by atoms with Gasteiger partial charge >= 0.3 is 11.9 Å². The van der Waals surface area contributed by atoms with Crippen molar-refractivity contribution in [1.82, 2.24) is 0 Å². The van der Waals surface area contributed by atoms with Crippen molar-refractivity contribution in [3.05, 3.63) is 58.6 Å². The molecule has 0 bridgehead atoms. The normalized spacial score (nSPS) is 11.9. The van der Waals surface area contributed by atoms with Crippen LogP contribution in [0.1, 0.15) is 42.6 Å². The number of esters is 1. The van der Waals surface area contributed by atoms with E-state index in [1.807, 2.05) is 12.1 Å². The number of hydrogen-bond acceptors (Lipinski definition) is 4. The van der Waals surface area contributed by atoms with Gasteiger partial charge in [-0.25, -0.2) is 9.59 Å². The molecule has 0 heterocycles. The SMILES string of the molecule is CC(Oc1ccc(C(C)C)cc1)C(=O)Oc1ccc(Cl)cc1C(=O)O. The first-order chi connectivity index (χ1) is 11.8. The lowest BCUT2D eigenvalue weighted by atomic mass is 10.0. The fourth-order valence-electron chi connectivity index (χ4n) is 2.13. The first-order valence-electron chi connectivity index (χ1n) is 7.79. The summed E-state index contributed by atoms with van der Waals surface area (Å²) in [5.74, 6) is -1.08. The molecule has 6 heteroatoms. The third-order valence-corrected chi connectivity index (χ3v) is 3.81. The summed E-state index contributed by atoms with van der Waals surface area (Å²) >= 11 is 5.77. The van der Waals surface area contributed by atoms with Crippen LogP contribution in [0.2, 0.25) is 5.02 Å². The van der Waals surface area contributed by atoms with E-state index in [1.54, 1.807) is 12.1 Å². The van der Waals surface area contributed by atoms with Gasteiger partial charge < -0.3 is 14.6 Å². The van der Waals surface area contributed by atoms with Gasteiger partial charge in [0.15, 0.2) is 6.10 Å². The van der Waals surface area contributed by atoms with Crippen molar-refractivity contribution in [2.45, 2.75) is 32.8 Å². The van der Waals surface area contributed by atoms with E-state index in [4.69, 9.17) is 26.2 Å². The van der Waals surface area contributed by atoms with E-state index in [0.29, 0.717) is 11.7 Å². The average molecular weight is 363 g/mol. The Labute approximate surface area is 151 Å². The van der Waals surface area contributed by atoms with Crippen molar-refractivity contribution in [3.8, 4) is 11.5 Å². The third-order valence-electron chi connectivity index (χ3n) is 3.57. The molecule has 0 aliphatic rings. The smallest absolute Gasteiger partial charge is 0.352 e. The van der Waals surface area contributed by atoms with Crippen molar-refractivity contribution in [1.29, 1.82) is 0 Å². The molecule has 5 nitrogen and oxygen atoms in total. The molecule has 132 valence electrons. The van der Waals surface area contributed by atoms with Gasteiger partial charge in [0.25, 0.3) is 0 Å². The minimum Gasteiger partial charge on any atom is -0.479 e. The minimum absolute atomic E-state index is 0.0764. The summed E-state index contributed by atoms with van der Waals surface area (Å²) in [6, 6.07) is 11.4. The quantitative estimate of drug-likeness (QED) is 0.603. The Morgan fingerprint density at radius 1 is 1.04 bits per heavy atom. The number of carboxylic acids is 1. The molecule has 0 fully saturated rings. The number of carbonyl (C=O) groups excluding carboxylic acids is 1. The van der Waals surface area contributed by atoms with E-state index in [2.05, 4.69) is 13.8 Å². The molecule has 0 saturated carbocycles. The Balaban J connectivity index is 2.07. The van der Waals surface area contributed by atoms with E-state index < -0.39 is 18.0 Å². The number of ether oxygens (including phenoxy) is 2. The molecule has 0 amide bonds. The molecule has 1 unspecified atom stereocenters. The topological polar surface area (TPSA) is 72.8 Å². The highest BCUT2D eigenvalue weighted by Crippen LogP contribution is 2.24. The number of carbonyl (C=O) groups is 2. The molecule has 1 atom stereocenters. The molecule has 2 rings (SSSR count). The van der Waals surface area contributed by atoms with Gasteiger partial charge in [-0.2, -0.15) is 0 Å². The number of carboxylic acid groups (broad SMARTS) is 1. The van der Waals surface area contributed by atoms with Gasteiger partial charge in [-0.3, -0.25) is 0 Å². The Bertz CT molecular complexity index is 768. The van der Waals surface area contributed by atoms with Crippen LogP contribution in [0.4, 0.5) is 0 Å². The second-order valence-corrected chi connectivity index (χ2v) is 6.29. The molecule has 2 aromatic rings. The molecular formula is C19H19ClO5. The maximum Gasteiger partial charge on any atom is 0.352 e. The van der Waals surface area contributed by atoms with Crippen LogP contribution in [0.3, 0.4) is 0 Å². The van der Waals surface area contributed by atoms with Crippen molar-refractivity contribution >= 4 is 23.5 Å². The lowest BCUT2D eigenvalue weighted by molar-refractivity contribution is -0.141. The summed E-state index contributed by atoms with van der Waals surface area (Å²) in [5, 5.41) is 9.41. The molecule has 0 aliphatic heterocycles. The van der Waals surface area contributed by atoms with Crippen LogP contribution in [-0.4, -0.2) is 23.1 Å². The monoisotopic (exact) mass is 362 g/mol. The van der Waals surface area contributed by atoms with E-state index >= 15 is 0 Å². The second-order valence-electron chi connectivity index (χ2n) is 5.85.